The fourth-order valence-corrected chi connectivity index (χ4v) is 2.56. The molecule has 1 unspecified atom stereocenters. The van der Waals surface area contributed by atoms with Gasteiger partial charge in [-0.1, -0.05) is 25.8 Å². The molecule has 1 rings (SSSR count). The zero-order valence-electron chi connectivity index (χ0n) is 14.8. The summed E-state index contributed by atoms with van der Waals surface area (Å²) in [4.78, 5) is 12.0. The molecule has 128 valence electrons. The molecule has 0 bridgehead atoms. The zero-order chi connectivity index (χ0) is 17.4. The van der Waals surface area contributed by atoms with Crippen LogP contribution in [0, 0.1) is 20.8 Å². The number of carbonyl (C=O) groups is 1. The number of rotatable bonds is 7. The minimum Gasteiger partial charge on any atom is -0.464 e. The molecular formula is C18H28N2O2S. The van der Waals surface area contributed by atoms with Gasteiger partial charge >= 0.3 is 5.97 Å². The lowest BCUT2D eigenvalue weighted by Gasteiger charge is -2.20. The number of unbranched alkanes of at least 4 members (excludes halogenated alkanes) is 1. The number of aryl methyl sites for hydroxylation is 3. The lowest BCUT2D eigenvalue weighted by atomic mass is 10.1. The van der Waals surface area contributed by atoms with Crippen molar-refractivity contribution >= 4 is 29.0 Å². The van der Waals surface area contributed by atoms with Gasteiger partial charge < -0.3 is 15.4 Å². The van der Waals surface area contributed by atoms with Crippen molar-refractivity contribution in [3.05, 3.63) is 28.8 Å². The second kappa shape index (κ2) is 9.50. The Morgan fingerprint density at radius 1 is 1.17 bits per heavy atom. The second-order valence-electron chi connectivity index (χ2n) is 5.80. The predicted octanol–water partition coefficient (Wildman–Crippen LogP) is 4.02. The summed E-state index contributed by atoms with van der Waals surface area (Å²) in [6.45, 7) is 10.5. The van der Waals surface area contributed by atoms with Crippen molar-refractivity contribution in [2.75, 3.05) is 11.9 Å². The maximum atomic E-state index is 12.0. The van der Waals surface area contributed by atoms with Crippen LogP contribution in [0.3, 0.4) is 0 Å². The van der Waals surface area contributed by atoms with Crippen LogP contribution in [0.15, 0.2) is 12.1 Å². The first-order valence-corrected chi connectivity index (χ1v) is 8.61. The highest BCUT2D eigenvalue weighted by Crippen LogP contribution is 2.20. The van der Waals surface area contributed by atoms with Crippen LogP contribution in [0.4, 0.5) is 5.69 Å². The van der Waals surface area contributed by atoms with Crippen molar-refractivity contribution in [2.45, 2.75) is 59.9 Å². The Morgan fingerprint density at radius 2 is 1.83 bits per heavy atom. The van der Waals surface area contributed by atoms with Gasteiger partial charge in [0.25, 0.3) is 0 Å². The Labute approximate surface area is 145 Å². The molecule has 0 aliphatic carbocycles. The first-order chi connectivity index (χ1) is 10.9. The van der Waals surface area contributed by atoms with Crippen LogP contribution < -0.4 is 10.6 Å². The van der Waals surface area contributed by atoms with Gasteiger partial charge in [0.1, 0.15) is 6.04 Å². The number of benzene rings is 1. The lowest BCUT2D eigenvalue weighted by Crippen LogP contribution is -2.43. The van der Waals surface area contributed by atoms with Crippen molar-refractivity contribution in [1.29, 1.82) is 0 Å². The van der Waals surface area contributed by atoms with E-state index in [-0.39, 0.29) is 5.97 Å². The Morgan fingerprint density at radius 3 is 2.43 bits per heavy atom. The highest BCUT2D eigenvalue weighted by Gasteiger charge is 2.20. The van der Waals surface area contributed by atoms with Gasteiger partial charge in [-0.05, 0) is 69.1 Å². The van der Waals surface area contributed by atoms with Gasteiger partial charge in [-0.2, -0.15) is 0 Å². The summed E-state index contributed by atoms with van der Waals surface area (Å²) in [7, 11) is 0. The SMILES string of the molecule is CCCCC(NC(=S)Nc1cc(C)c(C)cc1C)C(=O)OCC. The van der Waals surface area contributed by atoms with Crippen LogP contribution in [0.1, 0.15) is 49.8 Å². The monoisotopic (exact) mass is 336 g/mol. The summed E-state index contributed by atoms with van der Waals surface area (Å²) in [5.74, 6) is -0.248. The van der Waals surface area contributed by atoms with Gasteiger partial charge in [0.2, 0.25) is 0 Å². The molecule has 0 radical (unpaired) electrons. The number of nitrogens with one attached hydrogen (secondary N) is 2. The third kappa shape index (κ3) is 6.18. The van der Waals surface area contributed by atoms with Crippen molar-refractivity contribution in [3.8, 4) is 0 Å². The van der Waals surface area contributed by atoms with Crippen molar-refractivity contribution in [3.63, 3.8) is 0 Å². The fraction of sp³-hybridized carbons (Fsp3) is 0.556. The van der Waals surface area contributed by atoms with Crippen LogP contribution in [-0.2, 0) is 9.53 Å². The molecule has 5 heteroatoms. The number of anilines is 1. The van der Waals surface area contributed by atoms with E-state index in [4.69, 9.17) is 17.0 Å². The highest BCUT2D eigenvalue weighted by atomic mass is 32.1. The van der Waals surface area contributed by atoms with Gasteiger partial charge in [0.15, 0.2) is 5.11 Å². The van der Waals surface area contributed by atoms with E-state index in [1.165, 1.54) is 11.1 Å². The molecule has 0 heterocycles. The maximum Gasteiger partial charge on any atom is 0.328 e. The van der Waals surface area contributed by atoms with Gasteiger partial charge in [-0.25, -0.2) is 4.79 Å². The molecule has 0 saturated heterocycles. The molecule has 0 spiro atoms. The standard InChI is InChI=1S/C18H28N2O2S/c1-6-8-9-15(17(21)22-7-2)19-18(23)20-16-11-13(4)12(3)10-14(16)5/h10-11,15H,6-9H2,1-5H3,(H2,19,20,23). The topological polar surface area (TPSA) is 50.4 Å². The Hall–Kier alpha value is -1.62. The summed E-state index contributed by atoms with van der Waals surface area (Å²) >= 11 is 5.37. The average Bonchev–Trinajstić information content (AvgIpc) is 2.49. The van der Waals surface area contributed by atoms with Crippen molar-refractivity contribution < 1.29 is 9.53 Å². The largest absolute Gasteiger partial charge is 0.464 e. The van der Waals surface area contributed by atoms with Crippen LogP contribution >= 0.6 is 12.2 Å². The molecule has 4 nitrogen and oxygen atoms in total. The number of ether oxygens (including phenoxy) is 1. The molecule has 1 aromatic carbocycles. The minimum atomic E-state index is -0.401. The third-order valence-corrected chi connectivity index (χ3v) is 4.03. The predicted molar refractivity (Wildman–Crippen MR) is 100.0 cm³/mol. The van der Waals surface area contributed by atoms with E-state index in [9.17, 15) is 4.79 Å². The molecule has 0 saturated carbocycles. The van der Waals surface area contributed by atoms with Gasteiger partial charge in [0, 0.05) is 5.69 Å². The molecule has 0 amide bonds. The third-order valence-electron chi connectivity index (χ3n) is 3.81. The summed E-state index contributed by atoms with van der Waals surface area (Å²) in [6.07, 6.45) is 2.68. The first-order valence-electron chi connectivity index (χ1n) is 8.21. The van der Waals surface area contributed by atoms with Gasteiger partial charge in [0.05, 0.1) is 6.61 Å². The highest BCUT2D eigenvalue weighted by molar-refractivity contribution is 7.80. The summed E-state index contributed by atoms with van der Waals surface area (Å²) in [6, 6.07) is 3.80. The van der Waals surface area contributed by atoms with Crippen molar-refractivity contribution in [1.82, 2.24) is 5.32 Å². The number of hydrogen-bond acceptors (Lipinski definition) is 3. The number of carbonyl (C=O) groups excluding carboxylic acids is 1. The molecule has 1 aromatic rings. The van der Waals surface area contributed by atoms with Crippen LogP contribution in [0.2, 0.25) is 0 Å². The molecule has 0 aromatic heterocycles. The van der Waals surface area contributed by atoms with E-state index in [1.807, 2.05) is 13.8 Å². The smallest absolute Gasteiger partial charge is 0.328 e. The van der Waals surface area contributed by atoms with E-state index in [0.717, 1.165) is 24.1 Å². The normalized spacial score (nSPS) is 11.7. The Bertz CT molecular complexity index is 558. The Balaban J connectivity index is 2.75. The number of esters is 1. The van der Waals surface area contributed by atoms with E-state index in [2.05, 4.69) is 43.5 Å². The van der Waals surface area contributed by atoms with Crippen LogP contribution in [0.5, 0.6) is 0 Å². The molecule has 0 aliphatic heterocycles. The molecule has 0 fully saturated rings. The quantitative estimate of drug-likeness (QED) is 0.582. The molecular weight excluding hydrogens is 308 g/mol. The maximum absolute atomic E-state index is 12.0. The Kier molecular flexibility index (Phi) is 8.03. The van der Waals surface area contributed by atoms with E-state index >= 15 is 0 Å². The fourth-order valence-electron chi connectivity index (χ4n) is 2.31. The lowest BCUT2D eigenvalue weighted by molar-refractivity contribution is -0.145. The van der Waals surface area contributed by atoms with Crippen molar-refractivity contribution in [2.24, 2.45) is 0 Å². The van der Waals surface area contributed by atoms with E-state index < -0.39 is 6.04 Å². The average molecular weight is 337 g/mol. The van der Waals surface area contributed by atoms with Crippen LogP contribution in [0.25, 0.3) is 0 Å². The number of thiocarbonyl (C=S) groups is 1. The minimum absolute atomic E-state index is 0.248. The zero-order valence-corrected chi connectivity index (χ0v) is 15.6. The summed E-state index contributed by atoms with van der Waals surface area (Å²) < 4.78 is 5.12. The summed E-state index contributed by atoms with van der Waals surface area (Å²) in [5.41, 5.74) is 4.54. The van der Waals surface area contributed by atoms with Gasteiger partial charge in [-0.3, -0.25) is 0 Å². The second-order valence-corrected chi connectivity index (χ2v) is 6.20. The van der Waals surface area contributed by atoms with Gasteiger partial charge in [-0.15, -0.1) is 0 Å². The molecule has 2 N–H and O–H groups in total. The molecule has 0 aliphatic rings. The van der Waals surface area contributed by atoms with Crippen LogP contribution in [-0.4, -0.2) is 23.7 Å². The van der Waals surface area contributed by atoms with E-state index in [1.54, 1.807) is 0 Å². The molecule has 23 heavy (non-hydrogen) atoms. The van der Waals surface area contributed by atoms with E-state index in [0.29, 0.717) is 18.1 Å². The molecule has 1 atom stereocenters. The number of hydrogen-bond donors (Lipinski definition) is 2. The first kappa shape index (κ1) is 19.4. The summed E-state index contributed by atoms with van der Waals surface area (Å²) in [5, 5.41) is 6.74.